The summed E-state index contributed by atoms with van der Waals surface area (Å²) in [5.41, 5.74) is 3.53. The summed E-state index contributed by atoms with van der Waals surface area (Å²) in [7, 11) is 0. The van der Waals surface area contributed by atoms with Gasteiger partial charge < -0.3 is 0 Å². The summed E-state index contributed by atoms with van der Waals surface area (Å²) < 4.78 is 0. The third-order valence-electron chi connectivity index (χ3n) is 8.03. The van der Waals surface area contributed by atoms with Crippen molar-refractivity contribution < 1.29 is 4.79 Å². The molecule has 2 aliphatic rings. The van der Waals surface area contributed by atoms with E-state index in [1.54, 1.807) is 0 Å². The van der Waals surface area contributed by atoms with Crippen LogP contribution in [0.25, 0.3) is 0 Å². The fourth-order valence-corrected chi connectivity index (χ4v) is 6.53. The molecule has 0 unspecified atom stereocenters. The number of carbonyl (C=O) groups is 1. The van der Waals surface area contributed by atoms with E-state index in [2.05, 4.69) is 72.5 Å². The molecule has 170 valence electrons. The van der Waals surface area contributed by atoms with Crippen LogP contribution in [0.4, 0.5) is 0 Å². The summed E-state index contributed by atoms with van der Waals surface area (Å²) in [6, 6.07) is 32.6. The van der Waals surface area contributed by atoms with Crippen molar-refractivity contribution in [2.45, 2.75) is 57.0 Å². The molecular formula is C31H35NO. The summed E-state index contributed by atoms with van der Waals surface area (Å²) in [5.74, 6) is 0.794. The Labute approximate surface area is 198 Å². The number of ketones is 1. The van der Waals surface area contributed by atoms with Crippen LogP contribution in [-0.2, 0) is 0 Å². The minimum atomic E-state index is -0.0355. The second kappa shape index (κ2) is 10.1. The molecule has 4 atom stereocenters. The predicted octanol–water partition coefficient (Wildman–Crippen LogP) is 7.30. The number of likely N-dealkylation sites (tertiary alicyclic amines) is 1. The van der Waals surface area contributed by atoms with Gasteiger partial charge in [-0.05, 0) is 35.8 Å². The van der Waals surface area contributed by atoms with Gasteiger partial charge in [0, 0.05) is 30.1 Å². The highest BCUT2D eigenvalue weighted by molar-refractivity contribution is 5.98. The van der Waals surface area contributed by atoms with E-state index in [4.69, 9.17) is 0 Å². The highest BCUT2D eigenvalue weighted by atomic mass is 16.1. The maximum atomic E-state index is 14.0. The van der Waals surface area contributed by atoms with Gasteiger partial charge >= 0.3 is 0 Å². The fourth-order valence-electron chi connectivity index (χ4n) is 6.53. The van der Waals surface area contributed by atoms with E-state index in [0.29, 0.717) is 23.8 Å². The van der Waals surface area contributed by atoms with E-state index in [1.165, 1.54) is 43.2 Å². The first-order chi connectivity index (χ1) is 16.2. The van der Waals surface area contributed by atoms with Gasteiger partial charge in [-0.2, -0.15) is 0 Å². The minimum Gasteiger partial charge on any atom is -0.294 e. The van der Waals surface area contributed by atoms with E-state index in [9.17, 15) is 4.79 Å². The van der Waals surface area contributed by atoms with E-state index in [0.717, 1.165) is 12.1 Å². The fraction of sp³-hybridized carbons (Fsp3) is 0.387. The molecule has 0 N–H and O–H groups in total. The van der Waals surface area contributed by atoms with Crippen molar-refractivity contribution in [1.82, 2.24) is 4.90 Å². The molecule has 33 heavy (non-hydrogen) atoms. The zero-order valence-electron chi connectivity index (χ0n) is 19.6. The number of piperidine rings is 1. The van der Waals surface area contributed by atoms with Crippen molar-refractivity contribution in [3.8, 4) is 0 Å². The summed E-state index contributed by atoms with van der Waals surface area (Å²) in [6.45, 7) is 3.22. The van der Waals surface area contributed by atoms with E-state index >= 15 is 0 Å². The lowest BCUT2D eigenvalue weighted by atomic mass is 9.66. The molecule has 1 saturated heterocycles. The largest absolute Gasteiger partial charge is 0.294 e. The molecule has 2 heteroatoms. The highest BCUT2D eigenvalue weighted by Gasteiger charge is 2.47. The Hall–Kier alpha value is -2.71. The van der Waals surface area contributed by atoms with Crippen molar-refractivity contribution in [3.05, 3.63) is 108 Å². The summed E-state index contributed by atoms with van der Waals surface area (Å²) in [5, 5.41) is 0. The Balaban J connectivity index is 1.59. The second-order valence-electron chi connectivity index (χ2n) is 9.98. The van der Waals surface area contributed by atoms with Gasteiger partial charge in [0.1, 0.15) is 0 Å². The van der Waals surface area contributed by atoms with Gasteiger partial charge in [0.25, 0.3) is 0 Å². The molecule has 1 aliphatic carbocycles. The number of carbonyl (C=O) groups excluding carboxylic acids is 1. The molecule has 3 aromatic carbocycles. The second-order valence-corrected chi connectivity index (χ2v) is 9.98. The molecule has 1 saturated carbocycles. The van der Waals surface area contributed by atoms with Gasteiger partial charge in [-0.3, -0.25) is 9.69 Å². The first-order valence-corrected chi connectivity index (χ1v) is 12.7. The lowest BCUT2D eigenvalue weighted by Gasteiger charge is -2.52. The topological polar surface area (TPSA) is 20.3 Å². The highest BCUT2D eigenvalue weighted by Crippen LogP contribution is 2.49. The first-order valence-electron chi connectivity index (χ1n) is 12.7. The van der Waals surface area contributed by atoms with Crippen molar-refractivity contribution in [2.24, 2.45) is 11.8 Å². The summed E-state index contributed by atoms with van der Waals surface area (Å²) >= 11 is 0. The van der Waals surface area contributed by atoms with Gasteiger partial charge in [-0.1, -0.05) is 117 Å². The number of hydrogen-bond donors (Lipinski definition) is 0. The average Bonchev–Trinajstić information content (AvgIpc) is 2.89. The van der Waals surface area contributed by atoms with Crippen LogP contribution in [0.15, 0.2) is 91.0 Å². The van der Waals surface area contributed by atoms with Crippen LogP contribution in [0, 0.1) is 11.8 Å². The SMILES string of the molecule is C[C@@H]1[C@@H](c2ccccc2)[C@H](C(=O)c2ccccc2)CN(C2CCCCC2)[C@@H]1c1ccccc1. The van der Waals surface area contributed by atoms with Gasteiger partial charge in [-0.25, -0.2) is 0 Å². The first kappa shape index (κ1) is 22.1. The maximum Gasteiger partial charge on any atom is 0.167 e. The number of benzene rings is 3. The maximum absolute atomic E-state index is 14.0. The number of Topliss-reactive ketones (excluding diaryl/α,β-unsaturated/α-hetero) is 1. The van der Waals surface area contributed by atoms with Gasteiger partial charge in [0.2, 0.25) is 0 Å². The molecule has 0 radical (unpaired) electrons. The Bertz CT molecular complexity index is 1030. The molecule has 0 bridgehead atoms. The minimum absolute atomic E-state index is 0.0355. The molecule has 5 rings (SSSR count). The molecule has 0 amide bonds. The molecule has 1 aliphatic heterocycles. The molecule has 3 aromatic rings. The van der Waals surface area contributed by atoms with Crippen LogP contribution in [0.3, 0.4) is 0 Å². The van der Waals surface area contributed by atoms with Crippen molar-refractivity contribution >= 4 is 5.78 Å². The summed E-state index contributed by atoms with van der Waals surface area (Å²) in [6.07, 6.45) is 6.44. The van der Waals surface area contributed by atoms with Crippen LogP contribution in [0.5, 0.6) is 0 Å². The number of hydrogen-bond acceptors (Lipinski definition) is 2. The molecule has 0 spiro atoms. The summed E-state index contributed by atoms with van der Waals surface area (Å²) in [4.78, 5) is 16.7. The Morgan fingerprint density at radius 1 is 0.727 bits per heavy atom. The standard InChI is InChI=1S/C31H35NO/c1-23-29(24-14-6-2-7-15-24)28(31(33)26-18-10-4-11-19-26)22-32(27-20-12-5-13-21-27)30(23)25-16-8-3-9-17-25/h2-4,6-11,14-19,23,27-30H,5,12-13,20-22H2,1H3/t23-,28-,29+,30+/m1/s1. The van der Waals surface area contributed by atoms with Gasteiger partial charge in [0.15, 0.2) is 5.78 Å². The van der Waals surface area contributed by atoms with Crippen LogP contribution < -0.4 is 0 Å². The molecule has 0 aromatic heterocycles. The van der Waals surface area contributed by atoms with Crippen molar-refractivity contribution in [3.63, 3.8) is 0 Å². The molecule has 2 fully saturated rings. The van der Waals surface area contributed by atoms with E-state index in [-0.39, 0.29) is 11.8 Å². The molecule has 2 nitrogen and oxygen atoms in total. The van der Waals surface area contributed by atoms with Crippen molar-refractivity contribution in [1.29, 1.82) is 0 Å². The van der Waals surface area contributed by atoms with Crippen LogP contribution in [0.2, 0.25) is 0 Å². The lowest BCUT2D eigenvalue weighted by molar-refractivity contribution is 0.000184. The Morgan fingerprint density at radius 3 is 1.88 bits per heavy atom. The molecule has 1 heterocycles. The zero-order valence-corrected chi connectivity index (χ0v) is 19.6. The lowest BCUT2D eigenvalue weighted by Crippen LogP contribution is -2.53. The quantitative estimate of drug-likeness (QED) is 0.390. The number of rotatable bonds is 5. The average molecular weight is 438 g/mol. The van der Waals surface area contributed by atoms with Gasteiger partial charge in [-0.15, -0.1) is 0 Å². The third-order valence-corrected chi connectivity index (χ3v) is 8.03. The number of nitrogens with zero attached hydrogens (tertiary/aromatic N) is 1. The van der Waals surface area contributed by atoms with Gasteiger partial charge in [0.05, 0.1) is 0 Å². The zero-order chi connectivity index (χ0) is 22.6. The monoisotopic (exact) mass is 437 g/mol. The normalized spacial score (nSPS) is 26.7. The Morgan fingerprint density at radius 2 is 1.27 bits per heavy atom. The van der Waals surface area contributed by atoms with Crippen LogP contribution in [0.1, 0.15) is 72.5 Å². The van der Waals surface area contributed by atoms with Crippen LogP contribution >= 0.6 is 0 Å². The van der Waals surface area contributed by atoms with Crippen molar-refractivity contribution in [2.75, 3.05) is 6.54 Å². The predicted molar refractivity (Wildman–Crippen MR) is 135 cm³/mol. The van der Waals surface area contributed by atoms with Crippen LogP contribution in [-0.4, -0.2) is 23.3 Å². The smallest absolute Gasteiger partial charge is 0.167 e. The molecular weight excluding hydrogens is 402 g/mol. The van der Waals surface area contributed by atoms with E-state index < -0.39 is 0 Å². The van der Waals surface area contributed by atoms with E-state index in [1.807, 2.05) is 30.3 Å². The third kappa shape index (κ3) is 4.54. The Kier molecular flexibility index (Phi) is 6.73.